The maximum atomic E-state index is 11.0. The second-order valence-electron chi connectivity index (χ2n) is 2.64. The third-order valence-electron chi connectivity index (χ3n) is 1.85. The van der Waals surface area contributed by atoms with Gasteiger partial charge in [0, 0.05) is 6.54 Å². The van der Waals surface area contributed by atoms with Crippen LogP contribution in [0.4, 0.5) is 0 Å². The first-order valence-electron chi connectivity index (χ1n) is 3.74. The molecule has 1 rings (SSSR count). The van der Waals surface area contributed by atoms with Crippen molar-refractivity contribution >= 4 is 5.91 Å². The van der Waals surface area contributed by atoms with Gasteiger partial charge in [-0.3, -0.25) is 10.1 Å². The van der Waals surface area contributed by atoms with E-state index in [1.807, 2.05) is 0 Å². The van der Waals surface area contributed by atoms with Gasteiger partial charge in [0.05, 0.1) is 5.92 Å². The highest BCUT2D eigenvalue weighted by atomic mass is 16.1. The zero-order chi connectivity index (χ0) is 8.10. The van der Waals surface area contributed by atoms with Crippen LogP contribution in [0.15, 0.2) is 0 Å². The van der Waals surface area contributed by atoms with Crippen LogP contribution in [0.25, 0.3) is 0 Å². The van der Waals surface area contributed by atoms with Crippen molar-refractivity contribution in [2.75, 3.05) is 13.1 Å². The van der Waals surface area contributed by atoms with E-state index in [0.717, 1.165) is 19.4 Å². The molecular weight excluding hydrogens is 142 g/mol. The normalized spacial score (nSPS) is 23.7. The van der Waals surface area contributed by atoms with Crippen molar-refractivity contribution in [1.82, 2.24) is 10.6 Å². The highest BCUT2D eigenvalue weighted by Gasteiger charge is 2.19. The Morgan fingerprint density at radius 1 is 1.73 bits per heavy atom. The van der Waals surface area contributed by atoms with Gasteiger partial charge in [0.15, 0.2) is 6.19 Å². The van der Waals surface area contributed by atoms with Crippen molar-refractivity contribution in [3.63, 3.8) is 0 Å². The molecule has 0 radical (unpaired) electrons. The summed E-state index contributed by atoms with van der Waals surface area (Å²) < 4.78 is 0. The van der Waals surface area contributed by atoms with Crippen molar-refractivity contribution in [3.8, 4) is 6.19 Å². The van der Waals surface area contributed by atoms with Crippen LogP contribution >= 0.6 is 0 Å². The van der Waals surface area contributed by atoms with E-state index >= 15 is 0 Å². The summed E-state index contributed by atoms with van der Waals surface area (Å²) >= 11 is 0. The fourth-order valence-electron chi connectivity index (χ4n) is 1.23. The number of amides is 1. The van der Waals surface area contributed by atoms with Crippen molar-refractivity contribution in [2.24, 2.45) is 5.92 Å². The van der Waals surface area contributed by atoms with Gasteiger partial charge in [0.2, 0.25) is 5.91 Å². The van der Waals surface area contributed by atoms with Gasteiger partial charge in [-0.15, -0.1) is 0 Å². The molecule has 0 aromatic heterocycles. The summed E-state index contributed by atoms with van der Waals surface area (Å²) in [5, 5.41) is 13.4. The van der Waals surface area contributed by atoms with E-state index < -0.39 is 0 Å². The van der Waals surface area contributed by atoms with Crippen LogP contribution in [0.1, 0.15) is 12.8 Å². The maximum Gasteiger partial charge on any atom is 0.237 e. The van der Waals surface area contributed by atoms with Gasteiger partial charge in [0.25, 0.3) is 0 Å². The van der Waals surface area contributed by atoms with Crippen LogP contribution in [0, 0.1) is 17.4 Å². The smallest absolute Gasteiger partial charge is 0.237 e. The highest BCUT2D eigenvalue weighted by molar-refractivity contribution is 5.80. The van der Waals surface area contributed by atoms with E-state index in [9.17, 15) is 4.79 Å². The first-order chi connectivity index (χ1) is 5.34. The Balaban J connectivity index is 2.34. The molecule has 60 valence electrons. The van der Waals surface area contributed by atoms with E-state index in [2.05, 4.69) is 10.6 Å². The fourth-order valence-corrected chi connectivity index (χ4v) is 1.23. The van der Waals surface area contributed by atoms with Gasteiger partial charge in [-0.25, -0.2) is 0 Å². The van der Waals surface area contributed by atoms with Crippen LogP contribution in [0.2, 0.25) is 0 Å². The summed E-state index contributed by atoms with van der Waals surface area (Å²) in [6, 6.07) is 0. The monoisotopic (exact) mass is 153 g/mol. The molecular formula is C7H11N3O. The number of rotatable bonds is 1. The van der Waals surface area contributed by atoms with Crippen LogP contribution in [-0.2, 0) is 4.79 Å². The van der Waals surface area contributed by atoms with Gasteiger partial charge in [-0.05, 0) is 19.4 Å². The minimum Gasteiger partial charge on any atom is -0.316 e. The standard InChI is InChI=1S/C7H11N3O/c8-5-10-7(11)6-2-1-3-9-4-6/h6,9H,1-4H2,(H,10,11). The lowest BCUT2D eigenvalue weighted by atomic mass is 9.99. The first kappa shape index (κ1) is 8.02. The predicted molar refractivity (Wildman–Crippen MR) is 39.3 cm³/mol. The number of carbonyl (C=O) groups is 1. The Bertz CT molecular complexity index is 179. The number of hydrogen-bond donors (Lipinski definition) is 2. The Hall–Kier alpha value is -1.08. The second-order valence-corrected chi connectivity index (χ2v) is 2.64. The average molecular weight is 153 g/mol. The molecule has 0 aromatic carbocycles. The van der Waals surface area contributed by atoms with Crippen LogP contribution in [0.3, 0.4) is 0 Å². The van der Waals surface area contributed by atoms with Gasteiger partial charge >= 0.3 is 0 Å². The molecule has 11 heavy (non-hydrogen) atoms. The molecule has 1 unspecified atom stereocenters. The summed E-state index contributed by atoms with van der Waals surface area (Å²) in [4.78, 5) is 11.0. The lowest BCUT2D eigenvalue weighted by molar-refractivity contribution is -0.124. The number of nitrogens with one attached hydrogen (secondary N) is 2. The highest BCUT2D eigenvalue weighted by Crippen LogP contribution is 2.08. The first-order valence-corrected chi connectivity index (χ1v) is 3.74. The number of piperidine rings is 1. The van der Waals surface area contributed by atoms with Crippen molar-refractivity contribution in [1.29, 1.82) is 5.26 Å². The molecule has 0 aromatic rings. The third kappa shape index (κ3) is 2.20. The summed E-state index contributed by atoms with van der Waals surface area (Å²) in [5.41, 5.74) is 0. The number of hydrogen-bond acceptors (Lipinski definition) is 3. The van der Waals surface area contributed by atoms with Crippen LogP contribution in [0.5, 0.6) is 0 Å². The molecule has 4 heteroatoms. The Labute approximate surface area is 65.6 Å². The van der Waals surface area contributed by atoms with Gasteiger partial charge in [-0.2, -0.15) is 5.26 Å². The minimum atomic E-state index is -0.153. The quantitative estimate of drug-likeness (QED) is 0.397. The maximum absolute atomic E-state index is 11.0. The third-order valence-corrected chi connectivity index (χ3v) is 1.85. The molecule has 1 aliphatic rings. The van der Waals surface area contributed by atoms with E-state index in [1.54, 1.807) is 6.19 Å². The largest absolute Gasteiger partial charge is 0.316 e. The molecule has 1 fully saturated rings. The molecule has 1 saturated heterocycles. The molecule has 0 aliphatic carbocycles. The molecule has 1 amide bonds. The van der Waals surface area contributed by atoms with Gasteiger partial charge < -0.3 is 5.32 Å². The lowest BCUT2D eigenvalue weighted by Crippen LogP contribution is -2.38. The molecule has 0 bridgehead atoms. The molecule has 1 atom stereocenters. The second kappa shape index (κ2) is 3.94. The SMILES string of the molecule is N#CNC(=O)C1CCCNC1. The summed E-state index contributed by atoms with van der Waals surface area (Å²) in [5.74, 6) is -0.164. The van der Waals surface area contributed by atoms with Crippen molar-refractivity contribution in [3.05, 3.63) is 0 Å². The zero-order valence-electron chi connectivity index (χ0n) is 6.26. The van der Waals surface area contributed by atoms with E-state index in [4.69, 9.17) is 5.26 Å². The predicted octanol–water partition coefficient (Wildman–Crippen LogP) is -0.417. The zero-order valence-corrected chi connectivity index (χ0v) is 6.26. The summed E-state index contributed by atoms with van der Waals surface area (Å²) in [6.07, 6.45) is 3.54. The Morgan fingerprint density at radius 3 is 3.09 bits per heavy atom. The molecule has 1 heterocycles. The number of carbonyl (C=O) groups excluding carboxylic acids is 1. The topological polar surface area (TPSA) is 64.9 Å². The minimum absolute atomic E-state index is 0.0107. The van der Waals surface area contributed by atoms with E-state index in [-0.39, 0.29) is 11.8 Å². The van der Waals surface area contributed by atoms with Crippen LogP contribution in [-0.4, -0.2) is 19.0 Å². The summed E-state index contributed by atoms with van der Waals surface area (Å²) in [7, 11) is 0. The lowest BCUT2D eigenvalue weighted by Gasteiger charge is -2.19. The molecule has 0 saturated carbocycles. The number of nitriles is 1. The van der Waals surface area contributed by atoms with Crippen molar-refractivity contribution in [2.45, 2.75) is 12.8 Å². The molecule has 1 aliphatic heterocycles. The summed E-state index contributed by atoms with van der Waals surface area (Å²) in [6.45, 7) is 1.68. The fraction of sp³-hybridized carbons (Fsp3) is 0.714. The van der Waals surface area contributed by atoms with E-state index in [0.29, 0.717) is 6.54 Å². The van der Waals surface area contributed by atoms with E-state index in [1.165, 1.54) is 0 Å². The van der Waals surface area contributed by atoms with Gasteiger partial charge in [-0.1, -0.05) is 0 Å². The Morgan fingerprint density at radius 2 is 2.55 bits per heavy atom. The number of nitrogens with zero attached hydrogens (tertiary/aromatic N) is 1. The average Bonchev–Trinajstić information content (AvgIpc) is 2.07. The molecule has 2 N–H and O–H groups in total. The molecule has 4 nitrogen and oxygen atoms in total. The van der Waals surface area contributed by atoms with Crippen molar-refractivity contribution < 1.29 is 4.79 Å². The Kier molecular flexibility index (Phi) is 2.87. The molecule has 0 spiro atoms. The van der Waals surface area contributed by atoms with Gasteiger partial charge in [0.1, 0.15) is 0 Å². The van der Waals surface area contributed by atoms with Crippen LogP contribution < -0.4 is 10.6 Å².